The molecule has 52 heavy (non-hydrogen) atoms. The summed E-state index contributed by atoms with van der Waals surface area (Å²) in [7, 11) is 0. The average Bonchev–Trinajstić information content (AvgIpc) is 3.11. The molecule has 0 heterocycles. The fourth-order valence-electron chi connectivity index (χ4n) is 5.68. The molecule has 1 fully saturated rings. The third-order valence-corrected chi connectivity index (χ3v) is 8.66. The van der Waals surface area contributed by atoms with E-state index in [1.807, 2.05) is 36.9 Å². The second-order valence-corrected chi connectivity index (χ2v) is 13.1. The Labute approximate surface area is 359 Å². The van der Waals surface area contributed by atoms with Gasteiger partial charge in [0.1, 0.15) is 5.75 Å². The number of benzene rings is 3. The van der Waals surface area contributed by atoms with Crippen LogP contribution in [0.2, 0.25) is 0 Å². The number of rotatable bonds is 15. The first-order valence-electron chi connectivity index (χ1n) is 17.2. The smallest absolute Gasteiger partial charge is 0.450 e. The van der Waals surface area contributed by atoms with Crippen molar-refractivity contribution in [2.24, 2.45) is 17.8 Å². The van der Waals surface area contributed by atoms with Gasteiger partial charge in [-0.05, 0) is 38.2 Å². The average molecular weight is 1150 g/mol. The third kappa shape index (κ3) is 15.8. The zero-order chi connectivity index (χ0) is 36.6. The summed E-state index contributed by atoms with van der Waals surface area (Å²) < 4.78 is 16.9. The summed E-state index contributed by atoms with van der Waals surface area (Å²) in [4.78, 5) is 33.1. The van der Waals surface area contributed by atoms with Crippen LogP contribution < -0.4 is 9.47 Å². The van der Waals surface area contributed by atoms with E-state index in [1.54, 1.807) is 51.3 Å². The van der Waals surface area contributed by atoms with Gasteiger partial charge in [0.2, 0.25) is 0 Å². The van der Waals surface area contributed by atoms with E-state index in [4.69, 9.17) is 14.2 Å². The minimum absolute atomic E-state index is 0. The molecular formula is C44H50O6U2. The normalized spacial score (nSPS) is 15.2. The van der Waals surface area contributed by atoms with Crippen molar-refractivity contribution in [1.29, 1.82) is 0 Å². The fourth-order valence-corrected chi connectivity index (χ4v) is 5.68. The summed E-state index contributed by atoms with van der Waals surface area (Å²) in [6.45, 7) is 24.5. The predicted molar refractivity (Wildman–Crippen MR) is 201 cm³/mol. The number of carbonyl (C=O) groups excluding carboxylic acids is 3. The summed E-state index contributed by atoms with van der Waals surface area (Å²) in [5.74, 6) is 1.54. The Kier molecular flexibility index (Phi) is 22.5. The van der Waals surface area contributed by atoms with Crippen LogP contribution in [-0.4, -0.2) is 24.8 Å². The Morgan fingerprint density at radius 3 is 2.00 bits per heavy atom. The molecule has 1 unspecified atom stereocenters. The zero-order valence-corrected chi connectivity index (χ0v) is 39.3. The summed E-state index contributed by atoms with van der Waals surface area (Å²) >= 11 is 0. The molecule has 0 bridgehead atoms. The Balaban J connectivity index is 0.00000180. The molecule has 3 aromatic rings. The van der Waals surface area contributed by atoms with Crippen LogP contribution in [0.5, 0.6) is 11.5 Å². The molecule has 1 aliphatic carbocycles. The van der Waals surface area contributed by atoms with E-state index in [0.29, 0.717) is 40.7 Å². The van der Waals surface area contributed by atoms with Crippen LogP contribution in [0.4, 0.5) is 0 Å². The molecule has 0 radical (unpaired) electrons. The van der Waals surface area contributed by atoms with Gasteiger partial charge in [0.15, 0.2) is 0 Å². The first-order valence-corrected chi connectivity index (χ1v) is 17.2. The second-order valence-electron chi connectivity index (χ2n) is 13.1. The molecule has 0 aliphatic heterocycles. The van der Waals surface area contributed by atoms with Crippen LogP contribution in [0.1, 0.15) is 78.2 Å². The number of unbranched alkanes of at least 4 members (excludes halogenated alkanes) is 1. The van der Waals surface area contributed by atoms with Crippen molar-refractivity contribution in [3.8, 4) is 33.8 Å². The Morgan fingerprint density at radius 1 is 0.885 bits per heavy atom. The fraction of sp³-hybridized carbons (Fsp3) is 0.341. The topological polar surface area (TPSA) is 78.9 Å². The van der Waals surface area contributed by atoms with Gasteiger partial charge in [-0.3, -0.25) is 0 Å². The molecule has 6 nitrogen and oxygen atoms in total. The molecule has 0 saturated heterocycles. The maximum atomic E-state index is 12.0. The van der Waals surface area contributed by atoms with Gasteiger partial charge in [0.25, 0.3) is 0 Å². The molecule has 4 rings (SSSR count). The molecule has 1 saturated carbocycles. The number of carbonyl (C=O) groups is 2. The Bertz CT molecular complexity index is 1620. The molecular weight excluding hydrogens is 1100 g/mol. The van der Waals surface area contributed by atoms with E-state index in [9.17, 15) is 14.4 Å². The monoisotopic (exact) mass is 1150 g/mol. The Hall–Kier alpha value is -2.58. The summed E-state index contributed by atoms with van der Waals surface area (Å²) in [5, 5.41) is 0. The first-order chi connectivity index (χ1) is 23.9. The largest absolute Gasteiger partial charge is 2.00 e. The molecule has 0 aromatic heterocycles. The van der Waals surface area contributed by atoms with Gasteiger partial charge in [-0.2, -0.15) is 29.3 Å². The maximum Gasteiger partial charge on any atom is 2.00 e. The van der Waals surface area contributed by atoms with Crippen molar-refractivity contribution in [3.05, 3.63) is 122 Å². The van der Waals surface area contributed by atoms with E-state index in [-0.39, 0.29) is 68.1 Å². The van der Waals surface area contributed by atoms with E-state index < -0.39 is 11.9 Å². The van der Waals surface area contributed by atoms with Crippen LogP contribution in [0.15, 0.2) is 97.1 Å². The molecule has 0 N–H and O–H groups in total. The summed E-state index contributed by atoms with van der Waals surface area (Å²) in [6, 6.07) is 22.0. The molecule has 8 heteroatoms. The van der Waals surface area contributed by atoms with Gasteiger partial charge < -0.3 is 25.9 Å². The summed E-state index contributed by atoms with van der Waals surface area (Å²) in [5.41, 5.74) is 5.85. The van der Waals surface area contributed by atoms with Crippen molar-refractivity contribution in [2.45, 2.75) is 72.6 Å². The van der Waals surface area contributed by atoms with Crippen molar-refractivity contribution in [1.82, 2.24) is 0 Å². The van der Waals surface area contributed by atoms with Gasteiger partial charge in [0, 0.05) is 23.5 Å². The molecule has 270 valence electrons. The SMILES string of the molecule is C=C(C)C(=O)Oc1[c-]cc(-c2ccc(-c3ccc(OC(=O)C(=C)C)cc3)c([CH-]OCC([CH2-])C3CCC(CCCC)CC3)c2)cc1.C=C(C)[C-]=O.[U+2].[U+2]. The molecule has 3 aromatic carbocycles. The van der Waals surface area contributed by atoms with E-state index in [1.165, 1.54) is 44.9 Å². The van der Waals surface area contributed by atoms with Crippen LogP contribution in [-0.2, 0) is 19.1 Å². The maximum absolute atomic E-state index is 12.0. The van der Waals surface area contributed by atoms with Crippen LogP contribution in [0.25, 0.3) is 22.3 Å². The molecule has 1 aliphatic rings. The van der Waals surface area contributed by atoms with E-state index in [2.05, 4.69) is 45.7 Å². The van der Waals surface area contributed by atoms with Crippen LogP contribution in [0.3, 0.4) is 0 Å². The second kappa shape index (κ2) is 24.7. The van der Waals surface area contributed by atoms with Crippen molar-refractivity contribution >= 4 is 18.2 Å². The standard InChI is InChI=1S/C40H45O5.C4H5O.2U/c1-7-8-9-30-10-12-31(13-11-30)29(6)25-43-26-35-24-34(32-14-19-36(20-15-32)44-39(41)27(2)3)18-23-38(35)33-16-21-37(22-17-33)45-40(42)28(4)5;1-4(2)3-5;;/h14-19,21-24,26,29-31H,2,4,6-13,25H2,1,3,5H3;1H2,2H3;;/q-3;-1;2*+2. The Morgan fingerprint density at radius 2 is 1.46 bits per heavy atom. The van der Waals surface area contributed by atoms with E-state index in [0.717, 1.165) is 33.7 Å². The quantitative estimate of drug-likeness (QED) is 0.0653. The van der Waals surface area contributed by atoms with Gasteiger partial charge in [-0.25, -0.2) is 16.2 Å². The van der Waals surface area contributed by atoms with Crippen LogP contribution >= 0.6 is 0 Å². The molecule has 1 atom stereocenters. The first kappa shape index (κ1) is 47.4. The number of esters is 2. The third-order valence-electron chi connectivity index (χ3n) is 8.66. The zero-order valence-electron chi connectivity index (χ0n) is 31.0. The van der Waals surface area contributed by atoms with Gasteiger partial charge >= 0.3 is 74.2 Å². The summed E-state index contributed by atoms with van der Waals surface area (Å²) in [6.07, 6.45) is 10.6. The minimum atomic E-state index is -0.481. The molecule has 0 amide bonds. The van der Waals surface area contributed by atoms with Gasteiger partial charge in [0.05, 0.1) is 0 Å². The molecule has 0 spiro atoms. The number of allylic oxidation sites excluding steroid dienone is 1. The van der Waals surface area contributed by atoms with Gasteiger partial charge in [-0.15, -0.1) is 40.8 Å². The van der Waals surface area contributed by atoms with Crippen LogP contribution in [0, 0.1) is 99.6 Å². The van der Waals surface area contributed by atoms with E-state index >= 15 is 0 Å². The van der Waals surface area contributed by atoms with Crippen molar-refractivity contribution < 1.29 is 90.8 Å². The number of ether oxygens (including phenoxy) is 3. The number of hydrogen-bond acceptors (Lipinski definition) is 6. The van der Waals surface area contributed by atoms with Crippen molar-refractivity contribution in [3.63, 3.8) is 0 Å². The minimum Gasteiger partial charge on any atom is -0.450 e. The number of hydrogen-bond donors (Lipinski definition) is 0. The van der Waals surface area contributed by atoms with Gasteiger partial charge in [-0.1, -0.05) is 108 Å². The predicted octanol–water partition coefficient (Wildman–Crippen LogP) is 10.4. The van der Waals surface area contributed by atoms with Crippen molar-refractivity contribution in [2.75, 3.05) is 6.61 Å².